The normalized spacial score (nSPS) is 13.1. The van der Waals surface area contributed by atoms with Gasteiger partial charge in [0.05, 0.1) is 10.6 Å². The molecule has 0 spiro atoms. The number of carbonyl (C=O) groups is 1. The monoisotopic (exact) mass is 429 g/mol. The Balaban J connectivity index is 1.38. The Labute approximate surface area is 172 Å². The molecule has 1 aromatic heterocycles. The van der Waals surface area contributed by atoms with E-state index in [1.807, 2.05) is 6.92 Å². The van der Waals surface area contributed by atoms with Crippen molar-refractivity contribution in [2.24, 2.45) is 0 Å². The Morgan fingerprint density at radius 1 is 1.03 bits per heavy atom. The lowest BCUT2D eigenvalue weighted by atomic mass is 10.2. The van der Waals surface area contributed by atoms with E-state index in [0.717, 1.165) is 5.56 Å². The lowest BCUT2D eigenvalue weighted by molar-refractivity contribution is -0.115. The molecule has 0 aliphatic carbocycles. The highest BCUT2D eigenvalue weighted by Gasteiger charge is 2.19. The van der Waals surface area contributed by atoms with Crippen molar-refractivity contribution < 1.29 is 27.1 Å². The van der Waals surface area contributed by atoms with E-state index in [4.69, 9.17) is 13.9 Å². The van der Waals surface area contributed by atoms with Crippen LogP contribution in [0.3, 0.4) is 0 Å². The highest BCUT2D eigenvalue weighted by molar-refractivity contribution is 7.91. The number of hydrogen-bond acceptors (Lipinski definition) is 8. The SMILES string of the molecule is Cc1ccc(S(=O)(=O)CCC(=O)Nc2nnc(-c3ccc4c(c3)OCCO4)o2)cc1. The van der Waals surface area contributed by atoms with Crippen molar-refractivity contribution in [3.8, 4) is 23.0 Å². The molecule has 9 nitrogen and oxygen atoms in total. The largest absolute Gasteiger partial charge is 0.486 e. The maximum atomic E-state index is 12.4. The van der Waals surface area contributed by atoms with Gasteiger partial charge in [-0.3, -0.25) is 10.1 Å². The van der Waals surface area contributed by atoms with Crippen LogP contribution in [0.5, 0.6) is 11.5 Å². The van der Waals surface area contributed by atoms with Crippen molar-refractivity contribution >= 4 is 21.8 Å². The fourth-order valence-corrected chi connectivity index (χ4v) is 4.08. The summed E-state index contributed by atoms with van der Waals surface area (Å²) in [5.41, 5.74) is 1.56. The molecule has 2 heterocycles. The Morgan fingerprint density at radius 2 is 1.77 bits per heavy atom. The van der Waals surface area contributed by atoms with E-state index in [1.165, 1.54) is 12.1 Å². The topological polar surface area (TPSA) is 121 Å². The predicted octanol–water partition coefficient (Wildman–Crippen LogP) is 2.62. The number of carbonyl (C=O) groups excluding carboxylic acids is 1. The number of aryl methyl sites for hydroxylation is 1. The Morgan fingerprint density at radius 3 is 2.53 bits per heavy atom. The van der Waals surface area contributed by atoms with Gasteiger partial charge >= 0.3 is 6.01 Å². The van der Waals surface area contributed by atoms with Crippen LogP contribution in [0.25, 0.3) is 11.5 Å². The molecule has 1 aliphatic rings. The number of nitrogens with one attached hydrogen (secondary N) is 1. The van der Waals surface area contributed by atoms with E-state index in [9.17, 15) is 13.2 Å². The van der Waals surface area contributed by atoms with E-state index >= 15 is 0 Å². The van der Waals surface area contributed by atoms with Crippen molar-refractivity contribution in [2.75, 3.05) is 24.3 Å². The van der Waals surface area contributed by atoms with Crippen LogP contribution in [-0.4, -0.2) is 43.5 Å². The smallest absolute Gasteiger partial charge is 0.322 e. The number of ether oxygens (including phenoxy) is 2. The van der Waals surface area contributed by atoms with Crippen LogP contribution < -0.4 is 14.8 Å². The van der Waals surface area contributed by atoms with Crippen LogP contribution >= 0.6 is 0 Å². The van der Waals surface area contributed by atoms with Gasteiger partial charge in [-0.1, -0.05) is 22.8 Å². The van der Waals surface area contributed by atoms with Gasteiger partial charge < -0.3 is 13.9 Å². The highest BCUT2D eigenvalue weighted by atomic mass is 32.2. The van der Waals surface area contributed by atoms with Gasteiger partial charge in [0, 0.05) is 12.0 Å². The third-order valence-corrected chi connectivity index (χ3v) is 6.17. The lowest BCUT2D eigenvalue weighted by Crippen LogP contribution is -2.17. The molecule has 1 N–H and O–H groups in total. The van der Waals surface area contributed by atoms with Crippen LogP contribution in [-0.2, 0) is 14.6 Å². The summed E-state index contributed by atoms with van der Waals surface area (Å²) < 4.78 is 41.2. The van der Waals surface area contributed by atoms with Crippen molar-refractivity contribution in [3.05, 3.63) is 48.0 Å². The molecular formula is C20H19N3O6S. The minimum atomic E-state index is -3.56. The number of aromatic nitrogens is 2. The number of amides is 1. The van der Waals surface area contributed by atoms with Gasteiger partial charge in [-0.25, -0.2) is 8.42 Å². The summed E-state index contributed by atoms with van der Waals surface area (Å²) >= 11 is 0. The average Bonchev–Trinajstić information content (AvgIpc) is 3.21. The number of sulfone groups is 1. The summed E-state index contributed by atoms with van der Waals surface area (Å²) in [6, 6.07) is 11.6. The molecule has 0 saturated heterocycles. The molecule has 0 saturated carbocycles. The van der Waals surface area contributed by atoms with Gasteiger partial charge in [-0.2, -0.15) is 0 Å². The molecular weight excluding hydrogens is 410 g/mol. The standard InChI is InChI=1S/C20H19N3O6S/c1-13-2-5-15(6-3-13)30(25,26)11-8-18(24)21-20-23-22-19(29-20)14-4-7-16-17(12-14)28-10-9-27-16/h2-7,12H,8-11H2,1H3,(H,21,23,24). The van der Waals surface area contributed by atoms with Crippen molar-refractivity contribution in [1.29, 1.82) is 0 Å². The molecule has 0 unspecified atom stereocenters. The first kappa shape index (κ1) is 19.9. The summed E-state index contributed by atoms with van der Waals surface area (Å²) in [5, 5.41) is 10.1. The second-order valence-electron chi connectivity index (χ2n) is 6.70. The second-order valence-corrected chi connectivity index (χ2v) is 8.81. The lowest BCUT2D eigenvalue weighted by Gasteiger charge is -2.18. The summed E-state index contributed by atoms with van der Waals surface area (Å²) in [4.78, 5) is 12.3. The molecule has 1 amide bonds. The van der Waals surface area contributed by atoms with Gasteiger partial charge in [0.2, 0.25) is 11.8 Å². The van der Waals surface area contributed by atoms with Crippen molar-refractivity contribution in [2.45, 2.75) is 18.2 Å². The fraction of sp³-hybridized carbons (Fsp3) is 0.250. The predicted molar refractivity (Wildman–Crippen MR) is 107 cm³/mol. The zero-order chi connectivity index (χ0) is 21.1. The van der Waals surface area contributed by atoms with Crippen LogP contribution in [0.2, 0.25) is 0 Å². The molecule has 0 bridgehead atoms. The highest BCUT2D eigenvalue weighted by Crippen LogP contribution is 2.34. The molecule has 0 atom stereocenters. The Kier molecular flexibility index (Phi) is 5.40. The van der Waals surface area contributed by atoms with Gasteiger partial charge in [0.1, 0.15) is 13.2 Å². The van der Waals surface area contributed by atoms with E-state index in [2.05, 4.69) is 15.5 Å². The average molecular weight is 429 g/mol. The van der Waals surface area contributed by atoms with Gasteiger partial charge in [-0.05, 0) is 37.3 Å². The van der Waals surface area contributed by atoms with E-state index in [0.29, 0.717) is 30.3 Å². The summed E-state index contributed by atoms with van der Waals surface area (Å²) in [6.45, 7) is 2.81. The minimum absolute atomic E-state index is 0.113. The molecule has 3 aromatic rings. The van der Waals surface area contributed by atoms with Gasteiger partial charge in [-0.15, -0.1) is 5.10 Å². The number of hydrogen-bond donors (Lipinski definition) is 1. The zero-order valence-electron chi connectivity index (χ0n) is 16.1. The van der Waals surface area contributed by atoms with E-state index in [-0.39, 0.29) is 29.0 Å². The molecule has 4 rings (SSSR count). The fourth-order valence-electron chi connectivity index (χ4n) is 2.84. The number of anilines is 1. The van der Waals surface area contributed by atoms with Crippen LogP contribution in [0.15, 0.2) is 51.8 Å². The van der Waals surface area contributed by atoms with Crippen molar-refractivity contribution in [1.82, 2.24) is 10.2 Å². The van der Waals surface area contributed by atoms with Gasteiger partial charge in [0.15, 0.2) is 21.3 Å². The second kappa shape index (κ2) is 8.15. The molecule has 0 fully saturated rings. The quantitative estimate of drug-likeness (QED) is 0.635. The third-order valence-electron chi connectivity index (χ3n) is 4.44. The Hall–Kier alpha value is -3.40. The number of rotatable bonds is 6. The summed E-state index contributed by atoms with van der Waals surface area (Å²) in [5.74, 6) is 0.527. The first-order chi connectivity index (χ1) is 14.4. The first-order valence-corrected chi connectivity index (χ1v) is 10.9. The molecule has 10 heteroatoms. The minimum Gasteiger partial charge on any atom is -0.486 e. The van der Waals surface area contributed by atoms with Crippen LogP contribution in [0, 0.1) is 6.92 Å². The van der Waals surface area contributed by atoms with Crippen LogP contribution in [0.4, 0.5) is 6.01 Å². The molecule has 0 radical (unpaired) electrons. The van der Waals surface area contributed by atoms with Gasteiger partial charge in [0.25, 0.3) is 0 Å². The van der Waals surface area contributed by atoms with Crippen molar-refractivity contribution in [3.63, 3.8) is 0 Å². The third kappa shape index (κ3) is 4.43. The van der Waals surface area contributed by atoms with E-state index < -0.39 is 15.7 Å². The molecule has 1 aliphatic heterocycles. The summed E-state index contributed by atoms with van der Waals surface area (Å²) in [7, 11) is -3.56. The maximum Gasteiger partial charge on any atom is 0.322 e. The zero-order valence-corrected chi connectivity index (χ0v) is 16.9. The van der Waals surface area contributed by atoms with Crippen LogP contribution in [0.1, 0.15) is 12.0 Å². The first-order valence-electron chi connectivity index (χ1n) is 9.23. The summed E-state index contributed by atoms with van der Waals surface area (Å²) in [6.07, 6.45) is -0.238. The van der Waals surface area contributed by atoms with E-state index in [1.54, 1.807) is 30.3 Å². The number of benzene rings is 2. The molecule has 156 valence electrons. The maximum absolute atomic E-state index is 12.4. The Bertz CT molecular complexity index is 1170. The number of nitrogens with zero attached hydrogens (tertiary/aromatic N) is 2. The molecule has 30 heavy (non-hydrogen) atoms. The number of fused-ring (bicyclic) bond motifs is 1. The molecule has 2 aromatic carbocycles.